The highest BCUT2D eigenvalue weighted by Crippen LogP contribution is 2.28. The Labute approximate surface area is 121 Å². The number of nitrogens with one attached hydrogen (secondary N) is 2. The van der Waals surface area contributed by atoms with Gasteiger partial charge in [-0.25, -0.2) is 0 Å². The summed E-state index contributed by atoms with van der Waals surface area (Å²) in [4.78, 5) is 22.6. The monoisotopic (exact) mass is 294 g/mol. The number of carbonyl (C=O) groups is 1. The van der Waals surface area contributed by atoms with E-state index in [1.165, 1.54) is 18.2 Å². The SMILES string of the molecule is NNc1c(C(=O)NC2CCCCC2O)cccc1[N+](=O)[O-]. The molecule has 5 N–H and O–H groups in total. The largest absolute Gasteiger partial charge is 0.391 e. The Bertz CT molecular complexity index is 549. The maximum absolute atomic E-state index is 12.3. The van der Waals surface area contributed by atoms with Crippen LogP contribution in [0.15, 0.2) is 18.2 Å². The number of benzene rings is 1. The Morgan fingerprint density at radius 3 is 2.71 bits per heavy atom. The molecule has 1 saturated carbocycles. The quantitative estimate of drug-likeness (QED) is 0.371. The average Bonchev–Trinajstić information content (AvgIpc) is 2.48. The van der Waals surface area contributed by atoms with E-state index in [9.17, 15) is 20.0 Å². The second-order valence-electron chi connectivity index (χ2n) is 5.03. The van der Waals surface area contributed by atoms with Crippen LogP contribution in [0.5, 0.6) is 0 Å². The smallest absolute Gasteiger partial charge is 0.294 e. The molecule has 0 spiro atoms. The van der Waals surface area contributed by atoms with E-state index in [4.69, 9.17) is 5.84 Å². The number of aliphatic hydroxyl groups is 1. The van der Waals surface area contributed by atoms with Crippen LogP contribution >= 0.6 is 0 Å². The maximum Gasteiger partial charge on any atom is 0.294 e. The molecule has 8 heteroatoms. The molecular weight excluding hydrogens is 276 g/mol. The highest BCUT2D eigenvalue weighted by molar-refractivity contribution is 6.01. The standard InChI is InChI=1S/C13H18N4O4/c14-16-12-8(4-3-6-10(12)17(20)21)13(19)15-9-5-1-2-7-11(9)18/h3-4,6,9,11,16,18H,1-2,5,7,14H2,(H,15,19). The number of aliphatic hydroxyl groups excluding tert-OH is 1. The summed E-state index contributed by atoms with van der Waals surface area (Å²) < 4.78 is 0. The normalized spacial score (nSPS) is 21.6. The molecule has 1 aliphatic rings. The minimum Gasteiger partial charge on any atom is -0.391 e. The summed E-state index contributed by atoms with van der Waals surface area (Å²) in [6, 6.07) is 3.80. The van der Waals surface area contributed by atoms with Crippen molar-refractivity contribution < 1.29 is 14.8 Å². The number of rotatable bonds is 4. The average molecular weight is 294 g/mol. The van der Waals surface area contributed by atoms with Crippen molar-refractivity contribution in [1.82, 2.24) is 5.32 Å². The van der Waals surface area contributed by atoms with Crippen molar-refractivity contribution in [2.45, 2.75) is 37.8 Å². The van der Waals surface area contributed by atoms with Gasteiger partial charge in [-0.05, 0) is 18.9 Å². The van der Waals surface area contributed by atoms with Gasteiger partial charge in [-0.2, -0.15) is 0 Å². The number of amides is 1. The molecule has 1 fully saturated rings. The number of hydrazine groups is 1. The lowest BCUT2D eigenvalue weighted by molar-refractivity contribution is -0.384. The summed E-state index contributed by atoms with van der Waals surface area (Å²) >= 11 is 0. The predicted molar refractivity (Wildman–Crippen MR) is 76.6 cm³/mol. The number of hydrogen-bond acceptors (Lipinski definition) is 6. The van der Waals surface area contributed by atoms with E-state index in [1.807, 2.05) is 0 Å². The van der Waals surface area contributed by atoms with Crippen molar-refractivity contribution in [3.05, 3.63) is 33.9 Å². The van der Waals surface area contributed by atoms with Gasteiger partial charge in [-0.1, -0.05) is 18.9 Å². The number of carbonyl (C=O) groups excluding carboxylic acids is 1. The Balaban J connectivity index is 2.22. The third-order valence-electron chi connectivity index (χ3n) is 3.67. The van der Waals surface area contributed by atoms with Crippen LogP contribution in [0.1, 0.15) is 36.0 Å². The van der Waals surface area contributed by atoms with Crippen LogP contribution in [-0.4, -0.2) is 28.1 Å². The highest BCUT2D eigenvalue weighted by Gasteiger charge is 2.27. The zero-order chi connectivity index (χ0) is 15.4. The van der Waals surface area contributed by atoms with E-state index in [0.29, 0.717) is 12.8 Å². The van der Waals surface area contributed by atoms with Gasteiger partial charge in [0, 0.05) is 6.07 Å². The number of anilines is 1. The first-order chi connectivity index (χ1) is 10.0. The van der Waals surface area contributed by atoms with Crippen LogP contribution in [0.2, 0.25) is 0 Å². The molecule has 1 amide bonds. The van der Waals surface area contributed by atoms with Crippen LogP contribution in [-0.2, 0) is 0 Å². The number of hydrogen-bond donors (Lipinski definition) is 4. The fourth-order valence-corrected chi connectivity index (χ4v) is 2.56. The van der Waals surface area contributed by atoms with Crippen molar-refractivity contribution in [2.24, 2.45) is 5.84 Å². The number of nitrogens with zero attached hydrogens (tertiary/aromatic N) is 1. The highest BCUT2D eigenvalue weighted by atomic mass is 16.6. The van der Waals surface area contributed by atoms with E-state index < -0.39 is 16.9 Å². The molecule has 2 unspecified atom stereocenters. The molecule has 2 atom stereocenters. The molecule has 0 saturated heterocycles. The van der Waals surface area contributed by atoms with Gasteiger partial charge in [0.1, 0.15) is 5.69 Å². The van der Waals surface area contributed by atoms with Crippen LogP contribution in [0, 0.1) is 10.1 Å². The molecular formula is C13H18N4O4. The van der Waals surface area contributed by atoms with E-state index in [0.717, 1.165) is 12.8 Å². The first-order valence-corrected chi connectivity index (χ1v) is 6.77. The van der Waals surface area contributed by atoms with Crippen LogP contribution < -0.4 is 16.6 Å². The molecule has 1 aromatic rings. The van der Waals surface area contributed by atoms with Crippen molar-refractivity contribution in [3.63, 3.8) is 0 Å². The molecule has 1 aliphatic carbocycles. The summed E-state index contributed by atoms with van der Waals surface area (Å²) in [6.07, 6.45) is 2.60. The summed E-state index contributed by atoms with van der Waals surface area (Å²) in [5.41, 5.74) is 1.99. The predicted octanol–water partition coefficient (Wildman–Crippen LogP) is 0.914. The van der Waals surface area contributed by atoms with Crippen molar-refractivity contribution in [3.8, 4) is 0 Å². The molecule has 8 nitrogen and oxygen atoms in total. The van der Waals surface area contributed by atoms with Gasteiger partial charge in [-0.15, -0.1) is 0 Å². The third kappa shape index (κ3) is 3.29. The van der Waals surface area contributed by atoms with Crippen molar-refractivity contribution in [1.29, 1.82) is 0 Å². The molecule has 0 aromatic heterocycles. The Morgan fingerprint density at radius 2 is 2.10 bits per heavy atom. The van der Waals surface area contributed by atoms with Crippen LogP contribution in [0.3, 0.4) is 0 Å². The molecule has 114 valence electrons. The first-order valence-electron chi connectivity index (χ1n) is 6.77. The minimum atomic E-state index is -0.610. The van der Waals surface area contributed by atoms with E-state index in [2.05, 4.69) is 10.7 Å². The molecule has 0 aliphatic heterocycles. The van der Waals surface area contributed by atoms with Gasteiger partial charge in [0.2, 0.25) is 0 Å². The van der Waals surface area contributed by atoms with Gasteiger partial charge < -0.3 is 15.8 Å². The Kier molecular flexibility index (Phi) is 4.71. The van der Waals surface area contributed by atoms with Gasteiger partial charge in [0.15, 0.2) is 0 Å². The summed E-state index contributed by atoms with van der Waals surface area (Å²) in [5, 5.41) is 23.5. The van der Waals surface area contributed by atoms with Crippen LogP contribution in [0.4, 0.5) is 11.4 Å². The maximum atomic E-state index is 12.3. The van der Waals surface area contributed by atoms with Gasteiger partial charge in [-0.3, -0.25) is 20.8 Å². The van der Waals surface area contributed by atoms with E-state index in [-0.39, 0.29) is 23.0 Å². The number of nitrogens with two attached hydrogens (primary N) is 1. The molecule has 21 heavy (non-hydrogen) atoms. The Hall–Kier alpha value is -2.19. The van der Waals surface area contributed by atoms with Crippen LogP contribution in [0.25, 0.3) is 0 Å². The topological polar surface area (TPSA) is 131 Å². The number of nitro groups is 1. The number of para-hydroxylation sites is 1. The van der Waals surface area contributed by atoms with Gasteiger partial charge in [0.05, 0.1) is 22.6 Å². The minimum absolute atomic E-state index is 0.0368. The summed E-state index contributed by atoms with van der Waals surface area (Å²) in [6.45, 7) is 0. The second-order valence-corrected chi connectivity index (χ2v) is 5.03. The number of nitrogen functional groups attached to an aromatic ring is 1. The second kappa shape index (κ2) is 6.51. The van der Waals surface area contributed by atoms with Gasteiger partial charge >= 0.3 is 0 Å². The zero-order valence-corrected chi connectivity index (χ0v) is 11.4. The fraction of sp³-hybridized carbons (Fsp3) is 0.462. The lowest BCUT2D eigenvalue weighted by atomic mass is 9.92. The fourth-order valence-electron chi connectivity index (χ4n) is 2.56. The molecule has 1 aromatic carbocycles. The van der Waals surface area contributed by atoms with Crippen molar-refractivity contribution in [2.75, 3.05) is 5.43 Å². The zero-order valence-electron chi connectivity index (χ0n) is 11.4. The van der Waals surface area contributed by atoms with Gasteiger partial charge in [0.25, 0.3) is 11.6 Å². The lowest BCUT2D eigenvalue weighted by Crippen LogP contribution is -2.45. The summed E-state index contributed by atoms with van der Waals surface area (Å²) in [7, 11) is 0. The molecule has 0 heterocycles. The summed E-state index contributed by atoms with van der Waals surface area (Å²) in [5.74, 6) is 4.82. The Morgan fingerprint density at radius 1 is 1.38 bits per heavy atom. The number of nitro benzene ring substituents is 1. The lowest BCUT2D eigenvalue weighted by Gasteiger charge is -2.28. The molecule has 0 radical (unpaired) electrons. The first kappa shape index (κ1) is 15.2. The third-order valence-corrected chi connectivity index (χ3v) is 3.67. The van der Waals surface area contributed by atoms with E-state index in [1.54, 1.807) is 0 Å². The molecule has 2 rings (SSSR count). The van der Waals surface area contributed by atoms with Crippen molar-refractivity contribution >= 4 is 17.3 Å². The van der Waals surface area contributed by atoms with E-state index >= 15 is 0 Å². The molecule has 0 bridgehead atoms.